The number of carbonyl (C=O) groups is 1. The van der Waals surface area contributed by atoms with E-state index in [-0.39, 0.29) is 5.91 Å². The molecule has 0 aliphatic carbocycles. The molecule has 1 aromatic rings. The standard InChI is InChI=1S/C18H26N2O3/c1-15-4-3-5-16(12-15)13-19-6-11-23-18(2,14-19)17(21)20-7-9-22-10-8-20/h3-5,12H,6-11,13-14H2,1-2H3/t18-/m0/s1. The molecule has 2 aliphatic rings. The van der Waals surface area contributed by atoms with Crippen LogP contribution in [0.5, 0.6) is 0 Å². The Morgan fingerprint density at radius 2 is 2.00 bits per heavy atom. The van der Waals surface area contributed by atoms with Gasteiger partial charge in [-0.3, -0.25) is 9.69 Å². The monoisotopic (exact) mass is 318 g/mol. The van der Waals surface area contributed by atoms with E-state index in [1.54, 1.807) is 0 Å². The summed E-state index contributed by atoms with van der Waals surface area (Å²) < 4.78 is 11.2. The fourth-order valence-corrected chi connectivity index (χ4v) is 3.39. The lowest BCUT2D eigenvalue weighted by Crippen LogP contribution is -2.60. The Kier molecular flexibility index (Phi) is 4.99. The number of hydrogen-bond donors (Lipinski definition) is 0. The van der Waals surface area contributed by atoms with Crippen molar-refractivity contribution < 1.29 is 14.3 Å². The molecular formula is C18H26N2O3. The van der Waals surface area contributed by atoms with E-state index in [0.717, 1.165) is 13.1 Å². The van der Waals surface area contributed by atoms with E-state index in [1.165, 1.54) is 11.1 Å². The van der Waals surface area contributed by atoms with Crippen molar-refractivity contribution in [2.45, 2.75) is 26.0 Å². The van der Waals surface area contributed by atoms with Crippen LogP contribution in [0.3, 0.4) is 0 Å². The zero-order valence-corrected chi connectivity index (χ0v) is 14.1. The van der Waals surface area contributed by atoms with Crippen LogP contribution in [0, 0.1) is 6.92 Å². The molecule has 5 heteroatoms. The summed E-state index contributed by atoms with van der Waals surface area (Å²) in [5.74, 6) is 0.0924. The van der Waals surface area contributed by atoms with E-state index in [4.69, 9.17) is 9.47 Å². The van der Waals surface area contributed by atoms with Crippen LogP contribution in [0.4, 0.5) is 0 Å². The van der Waals surface area contributed by atoms with Crippen LogP contribution in [0.1, 0.15) is 18.1 Å². The summed E-state index contributed by atoms with van der Waals surface area (Å²) in [6.45, 7) is 9.55. The number of amides is 1. The Morgan fingerprint density at radius 3 is 2.74 bits per heavy atom. The molecule has 2 saturated heterocycles. The topological polar surface area (TPSA) is 42.0 Å². The summed E-state index contributed by atoms with van der Waals surface area (Å²) >= 11 is 0. The van der Waals surface area contributed by atoms with Gasteiger partial charge in [0.15, 0.2) is 5.60 Å². The Bertz CT molecular complexity index is 557. The number of morpholine rings is 2. The zero-order valence-electron chi connectivity index (χ0n) is 14.1. The fraction of sp³-hybridized carbons (Fsp3) is 0.611. The van der Waals surface area contributed by atoms with Gasteiger partial charge in [0.1, 0.15) is 0 Å². The van der Waals surface area contributed by atoms with Crippen molar-refractivity contribution in [2.24, 2.45) is 0 Å². The molecule has 2 heterocycles. The van der Waals surface area contributed by atoms with E-state index in [0.29, 0.717) is 39.5 Å². The highest BCUT2D eigenvalue weighted by molar-refractivity contribution is 5.85. The molecule has 3 rings (SSSR count). The minimum absolute atomic E-state index is 0.0924. The van der Waals surface area contributed by atoms with Crippen molar-refractivity contribution in [3.63, 3.8) is 0 Å². The summed E-state index contributed by atoms with van der Waals surface area (Å²) in [6.07, 6.45) is 0. The number of benzene rings is 1. The van der Waals surface area contributed by atoms with Gasteiger partial charge in [-0.05, 0) is 19.4 Å². The Labute approximate surface area is 138 Å². The lowest BCUT2D eigenvalue weighted by molar-refractivity contribution is -0.171. The van der Waals surface area contributed by atoms with Crippen LogP contribution >= 0.6 is 0 Å². The van der Waals surface area contributed by atoms with Crippen molar-refractivity contribution in [3.05, 3.63) is 35.4 Å². The number of aryl methyl sites for hydroxylation is 1. The molecule has 1 amide bonds. The second kappa shape index (κ2) is 6.99. The highest BCUT2D eigenvalue weighted by Gasteiger charge is 2.42. The van der Waals surface area contributed by atoms with Crippen molar-refractivity contribution >= 4 is 5.91 Å². The molecule has 0 saturated carbocycles. The molecule has 0 N–H and O–H groups in total. The van der Waals surface area contributed by atoms with Gasteiger partial charge in [0, 0.05) is 32.7 Å². The van der Waals surface area contributed by atoms with Crippen LogP contribution in [-0.2, 0) is 20.8 Å². The Balaban J connectivity index is 1.65. The first kappa shape index (κ1) is 16.4. The lowest BCUT2D eigenvalue weighted by atomic mass is 10.0. The average Bonchev–Trinajstić information content (AvgIpc) is 2.55. The predicted octanol–water partition coefficient (Wildman–Crippen LogP) is 1.44. The molecule has 126 valence electrons. The number of nitrogens with zero attached hydrogens (tertiary/aromatic N) is 2. The van der Waals surface area contributed by atoms with Gasteiger partial charge in [0.2, 0.25) is 0 Å². The molecule has 2 aliphatic heterocycles. The average molecular weight is 318 g/mol. The molecule has 0 unspecified atom stereocenters. The summed E-state index contributed by atoms with van der Waals surface area (Å²) in [6, 6.07) is 8.54. The van der Waals surface area contributed by atoms with Crippen LogP contribution in [-0.4, -0.2) is 67.3 Å². The van der Waals surface area contributed by atoms with E-state index < -0.39 is 5.60 Å². The second-order valence-corrected chi connectivity index (χ2v) is 6.68. The van der Waals surface area contributed by atoms with E-state index >= 15 is 0 Å². The fourth-order valence-electron chi connectivity index (χ4n) is 3.39. The molecular weight excluding hydrogens is 292 g/mol. The van der Waals surface area contributed by atoms with Gasteiger partial charge in [0.05, 0.1) is 19.8 Å². The minimum Gasteiger partial charge on any atom is -0.378 e. The maximum Gasteiger partial charge on any atom is 0.256 e. The van der Waals surface area contributed by atoms with Crippen LogP contribution in [0.25, 0.3) is 0 Å². The molecule has 0 bridgehead atoms. The first-order chi connectivity index (χ1) is 11.1. The summed E-state index contributed by atoms with van der Waals surface area (Å²) in [5, 5.41) is 0. The SMILES string of the molecule is Cc1cccc(CN2CCO[C@](C)(C(=O)N3CCOCC3)C2)c1. The molecule has 1 aromatic carbocycles. The third-order valence-electron chi connectivity index (χ3n) is 4.59. The summed E-state index contributed by atoms with van der Waals surface area (Å²) in [5.41, 5.74) is 1.80. The van der Waals surface area contributed by atoms with E-state index in [1.807, 2.05) is 11.8 Å². The van der Waals surface area contributed by atoms with Gasteiger partial charge in [-0.25, -0.2) is 0 Å². The van der Waals surface area contributed by atoms with Gasteiger partial charge in [0.25, 0.3) is 5.91 Å². The van der Waals surface area contributed by atoms with Gasteiger partial charge < -0.3 is 14.4 Å². The number of carbonyl (C=O) groups excluding carboxylic acids is 1. The van der Waals surface area contributed by atoms with Crippen molar-refractivity contribution in [3.8, 4) is 0 Å². The van der Waals surface area contributed by atoms with Gasteiger partial charge >= 0.3 is 0 Å². The molecule has 23 heavy (non-hydrogen) atoms. The third kappa shape index (κ3) is 3.91. The molecule has 0 aromatic heterocycles. The third-order valence-corrected chi connectivity index (χ3v) is 4.59. The first-order valence-corrected chi connectivity index (χ1v) is 8.36. The van der Waals surface area contributed by atoms with Crippen molar-refractivity contribution in [2.75, 3.05) is 46.0 Å². The number of ether oxygens (including phenoxy) is 2. The summed E-state index contributed by atoms with van der Waals surface area (Å²) in [7, 11) is 0. The van der Waals surface area contributed by atoms with Crippen molar-refractivity contribution in [1.82, 2.24) is 9.80 Å². The second-order valence-electron chi connectivity index (χ2n) is 6.68. The van der Waals surface area contributed by atoms with E-state index in [2.05, 4.69) is 36.1 Å². The quantitative estimate of drug-likeness (QED) is 0.846. The van der Waals surface area contributed by atoms with E-state index in [9.17, 15) is 4.79 Å². The lowest BCUT2D eigenvalue weighted by Gasteiger charge is -2.42. The smallest absolute Gasteiger partial charge is 0.256 e. The first-order valence-electron chi connectivity index (χ1n) is 8.36. The Hall–Kier alpha value is -1.43. The predicted molar refractivity (Wildman–Crippen MR) is 88.2 cm³/mol. The minimum atomic E-state index is -0.751. The van der Waals surface area contributed by atoms with Gasteiger partial charge in [-0.2, -0.15) is 0 Å². The molecule has 0 spiro atoms. The summed E-state index contributed by atoms with van der Waals surface area (Å²) in [4.78, 5) is 17.0. The van der Waals surface area contributed by atoms with Crippen LogP contribution in [0.15, 0.2) is 24.3 Å². The molecule has 2 fully saturated rings. The molecule has 1 atom stereocenters. The number of hydrogen-bond acceptors (Lipinski definition) is 4. The van der Waals surface area contributed by atoms with Gasteiger partial charge in [-0.1, -0.05) is 29.8 Å². The maximum atomic E-state index is 12.8. The zero-order chi connectivity index (χ0) is 16.3. The number of rotatable bonds is 3. The molecule has 0 radical (unpaired) electrons. The largest absolute Gasteiger partial charge is 0.378 e. The van der Waals surface area contributed by atoms with Crippen LogP contribution in [0.2, 0.25) is 0 Å². The van der Waals surface area contributed by atoms with Gasteiger partial charge in [-0.15, -0.1) is 0 Å². The maximum absolute atomic E-state index is 12.8. The van der Waals surface area contributed by atoms with Crippen molar-refractivity contribution in [1.29, 1.82) is 0 Å². The highest BCUT2D eigenvalue weighted by Crippen LogP contribution is 2.23. The van der Waals surface area contributed by atoms with Crippen LogP contribution < -0.4 is 0 Å². The normalized spacial score (nSPS) is 26.3. The Morgan fingerprint density at radius 1 is 1.22 bits per heavy atom. The highest BCUT2D eigenvalue weighted by atomic mass is 16.5. The molecule has 5 nitrogen and oxygen atoms in total.